The fourth-order valence-electron chi connectivity index (χ4n) is 3.37. The first-order chi connectivity index (χ1) is 9.71. The number of aryl methyl sites for hydroxylation is 2. The van der Waals surface area contributed by atoms with Crippen LogP contribution in [-0.2, 0) is 23.2 Å². The van der Waals surface area contributed by atoms with Gasteiger partial charge in [-0.1, -0.05) is 0 Å². The molecule has 1 saturated heterocycles. The van der Waals surface area contributed by atoms with E-state index in [1.165, 1.54) is 35.1 Å². The highest BCUT2D eigenvalue weighted by atomic mass is 32.1. The van der Waals surface area contributed by atoms with Crippen LogP contribution in [0.3, 0.4) is 0 Å². The van der Waals surface area contributed by atoms with E-state index in [0.29, 0.717) is 0 Å². The third kappa shape index (κ3) is 1.69. The quantitative estimate of drug-likeness (QED) is 0.922. The van der Waals surface area contributed by atoms with Gasteiger partial charge in [0.2, 0.25) is 0 Å². The largest absolute Gasteiger partial charge is 0.372 e. The van der Waals surface area contributed by atoms with Crippen molar-refractivity contribution in [3.8, 4) is 0 Å². The topological polar surface area (TPSA) is 47.0 Å². The van der Waals surface area contributed by atoms with E-state index in [0.717, 1.165) is 35.9 Å². The summed E-state index contributed by atoms with van der Waals surface area (Å²) in [5, 5.41) is 4.51. The number of nitrogens with one attached hydrogen (secondary N) is 1. The Morgan fingerprint density at radius 1 is 1.25 bits per heavy atom. The number of anilines is 1. The summed E-state index contributed by atoms with van der Waals surface area (Å²) >= 11 is 1.84. The van der Waals surface area contributed by atoms with Gasteiger partial charge < -0.3 is 10.1 Å². The Kier molecular flexibility index (Phi) is 2.76. The predicted octanol–water partition coefficient (Wildman–Crippen LogP) is 3.25. The number of rotatable bonds is 2. The van der Waals surface area contributed by atoms with E-state index >= 15 is 0 Å². The Bertz CT molecular complexity index is 673. The Morgan fingerprint density at radius 2 is 2.15 bits per heavy atom. The van der Waals surface area contributed by atoms with Crippen LogP contribution >= 0.6 is 11.3 Å². The van der Waals surface area contributed by atoms with E-state index in [1.54, 1.807) is 0 Å². The van der Waals surface area contributed by atoms with Gasteiger partial charge >= 0.3 is 0 Å². The number of aromatic nitrogens is 2. The maximum Gasteiger partial charge on any atom is 0.163 e. The second-order valence-electron chi connectivity index (χ2n) is 5.87. The van der Waals surface area contributed by atoms with Crippen LogP contribution in [0.15, 0.2) is 0 Å². The minimum absolute atomic E-state index is 0.311. The molecule has 2 aromatic rings. The summed E-state index contributed by atoms with van der Waals surface area (Å²) in [7, 11) is 1.95. The average molecular weight is 289 g/mol. The Balaban J connectivity index is 1.93. The van der Waals surface area contributed by atoms with Gasteiger partial charge in [0.05, 0.1) is 5.39 Å². The smallest absolute Gasteiger partial charge is 0.163 e. The van der Waals surface area contributed by atoms with Crippen LogP contribution in [0.4, 0.5) is 5.82 Å². The summed E-state index contributed by atoms with van der Waals surface area (Å²) in [6, 6.07) is 0. The van der Waals surface area contributed by atoms with Crippen LogP contribution in [0, 0.1) is 0 Å². The zero-order valence-corrected chi connectivity index (χ0v) is 12.8. The van der Waals surface area contributed by atoms with Gasteiger partial charge in [-0.05, 0) is 44.6 Å². The Hall–Kier alpha value is -1.20. The molecule has 1 unspecified atom stereocenters. The summed E-state index contributed by atoms with van der Waals surface area (Å²) in [5.74, 6) is 1.81. The van der Waals surface area contributed by atoms with Crippen LogP contribution in [0.5, 0.6) is 0 Å². The maximum atomic E-state index is 5.90. The molecule has 1 N–H and O–H groups in total. The highest BCUT2D eigenvalue weighted by Gasteiger charge is 2.36. The minimum atomic E-state index is -0.311. The molecular weight excluding hydrogens is 270 g/mol. The van der Waals surface area contributed by atoms with Gasteiger partial charge in [-0.25, -0.2) is 9.97 Å². The average Bonchev–Trinajstić information content (AvgIpc) is 3.12. The molecule has 0 bridgehead atoms. The number of ether oxygens (including phenoxy) is 1. The van der Waals surface area contributed by atoms with E-state index in [4.69, 9.17) is 14.7 Å². The normalized spacial score (nSPS) is 25.3. The van der Waals surface area contributed by atoms with Gasteiger partial charge in [-0.15, -0.1) is 11.3 Å². The van der Waals surface area contributed by atoms with E-state index in [-0.39, 0.29) is 5.60 Å². The molecule has 0 amide bonds. The SMILES string of the molecule is CNc1nc(C2(C)CCCO2)nc2sc3c(c12)CCC3. The number of fused-ring (bicyclic) bond motifs is 3. The highest BCUT2D eigenvalue weighted by Crippen LogP contribution is 2.42. The molecule has 0 radical (unpaired) electrons. The standard InChI is InChI=1S/C15H19N3OS/c1-15(7-4-8-19-15)14-17-12(16-2)11-9-5-3-6-10(9)20-13(11)18-14/h3-8H2,1-2H3,(H,16,17,18). The maximum absolute atomic E-state index is 5.90. The monoisotopic (exact) mass is 289 g/mol. The summed E-state index contributed by atoms with van der Waals surface area (Å²) in [4.78, 5) is 12.3. The molecule has 1 aliphatic carbocycles. The van der Waals surface area contributed by atoms with Gasteiger partial charge in [0.25, 0.3) is 0 Å². The molecule has 5 heteroatoms. The second kappa shape index (κ2) is 4.40. The van der Waals surface area contributed by atoms with Gasteiger partial charge in [0.15, 0.2) is 5.82 Å². The summed E-state index contributed by atoms with van der Waals surface area (Å²) in [5.41, 5.74) is 1.16. The molecule has 1 atom stereocenters. The molecule has 1 aliphatic heterocycles. The first kappa shape index (κ1) is 12.5. The molecule has 106 valence electrons. The predicted molar refractivity (Wildman–Crippen MR) is 81.5 cm³/mol. The van der Waals surface area contributed by atoms with Crippen LogP contribution in [0.1, 0.15) is 42.5 Å². The van der Waals surface area contributed by atoms with Crippen molar-refractivity contribution in [1.29, 1.82) is 0 Å². The summed E-state index contributed by atoms with van der Waals surface area (Å²) in [6.07, 6.45) is 5.73. The molecule has 2 aliphatic rings. The zero-order chi connectivity index (χ0) is 13.7. The summed E-state index contributed by atoms with van der Waals surface area (Å²) in [6.45, 7) is 2.93. The Labute approximate surface area is 122 Å². The lowest BCUT2D eigenvalue weighted by Crippen LogP contribution is -2.23. The molecule has 3 heterocycles. The highest BCUT2D eigenvalue weighted by molar-refractivity contribution is 7.19. The van der Waals surface area contributed by atoms with Crippen molar-refractivity contribution < 1.29 is 4.74 Å². The molecular formula is C15H19N3OS. The van der Waals surface area contributed by atoms with Crippen molar-refractivity contribution in [1.82, 2.24) is 9.97 Å². The fourth-order valence-corrected chi connectivity index (χ4v) is 4.63. The van der Waals surface area contributed by atoms with E-state index in [2.05, 4.69) is 12.2 Å². The Morgan fingerprint density at radius 3 is 2.90 bits per heavy atom. The molecule has 1 fully saturated rings. The van der Waals surface area contributed by atoms with Crippen molar-refractivity contribution in [3.05, 3.63) is 16.3 Å². The molecule has 20 heavy (non-hydrogen) atoms. The molecule has 4 rings (SSSR count). The van der Waals surface area contributed by atoms with Crippen LogP contribution in [0.2, 0.25) is 0 Å². The van der Waals surface area contributed by atoms with Crippen molar-refractivity contribution in [2.45, 2.75) is 44.6 Å². The molecule has 4 nitrogen and oxygen atoms in total. The lowest BCUT2D eigenvalue weighted by Gasteiger charge is -2.22. The van der Waals surface area contributed by atoms with Crippen LogP contribution in [-0.4, -0.2) is 23.6 Å². The van der Waals surface area contributed by atoms with Crippen molar-refractivity contribution in [3.63, 3.8) is 0 Å². The van der Waals surface area contributed by atoms with Crippen LogP contribution < -0.4 is 5.32 Å². The first-order valence-electron chi connectivity index (χ1n) is 7.36. The molecule has 0 aromatic carbocycles. The van der Waals surface area contributed by atoms with Gasteiger partial charge in [0.1, 0.15) is 16.2 Å². The minimum Gasteiger partial charge on any atom is -0.372 e. The lowest BCUT2D eigenvalue weighted by atomic mass is 10.0. The van der Waals surface area contributed by atoms with Crippen molar-refractivity contribution in [2.24, 2.45) is 0 Å². The molecule has 0 saturated carbocycles. The van der Waals surface area contributed by atoms with E-state index < -0.39 is 0 Å². The third-order valence-corrected chi connectivity index (χ3v) is 5.68. The molecule has 2 aromatic heterocycles. The second-order valence-corrected chi connectivity index (χ2v) is 6.95. The lowest BCUT2D eigenvalue weighted by molar-refractivity contribution is 0.00976. The first-order valence-corrected chi connectivity index (χ1v) is 8.17. The van der Waals surface area contributed by atoms with E-state index in [1.807, 2.05) is 18.4 Å². The van der Waals surface area contributed by atoms with Gasteiger partial charge in [0, 0.05) is 18.5 Å². The van der Waals surface area contributed by atoms with Crippen molar-refractivity contribution in [2.75, 3.05) is 19.0 Å². The van der Waals surface area contributed by atoms with Gasteiger partial charge in [-0.2, -0.15) is 0 Å². The van der Waals surface area contributed by atoms with E-state index in [9.17, 15) is 0 Å². The molecule has 0 spiro atoms. The zero-order valence-electron chi connectivity index (χ0n) is 12.0. The number of hydrogen-bond acceptors (Lipinski definition) is 5. The summed E-state index contributed by atoms with van der Waals surface area (Å²) < 4.78 is 5.90. The van der Waals surface area contributed by atoms with Crippen LogP contribution in [0.25, 0.3) is 10.2 Å². The number of nitrogens with zero attached hydrogens (tertiary/aromatic N) is 2. The number of hydrogen-bond donors (Lipinski definition) is 1. The number of thiophene rings is 1. The van der Waals surface area contributed by atoms with Gasteiger partial charge in [-0.3, -0.25) is 0 Å². The fraction of sp³-hybridized carbons (Fsp3) is 0.600. The third-order valence-electron chi connectivity index (χ3n) is 4.49. The van der Waals surface area contributed by atoms with Crippen molar-refractivity contribution >= 4 is 27.4 Å².